The fourth-order valence-corrected chi connectivity index (χ4v) is 9.24. The van der Waals surface area contributed by atoms with Crippen molar-refractivity contribution in [3.8, 4) is 0 Å². The second kappa shape index (κ2) is 5.47. The molecule has 0 spiro atoms. The first-order valence-electron chi connectivity index (χ1n) is 11.6. The summed E-state index contributed by atoms with van der Waals surface area (Å²) < 4.78 is 5.71. The van der Waals surface area contributed by atoms with Gasteiger partial charge >= 0.3 is 6.09 Å². The minimum atomic E-state index is -0.612. The van der Waals surface area contributed by atoms with Gasteiger partial charge in [-0.3, -0.25) is 0 Å². The first-order chi connectivity index (χ1) is 12.8. The molecule has 28 heavy (non-hydrogen) atoms. The first kappa shape index (κ1) is 19.2. The summed E-state index contributed by atoms with van der Waals surface area (Å²) in [4.78, 5) is 14.8. The third-order valence-electron chi connectivity index (χ3n) is 8.98. The van der Waals surface area contributed by atoms with Crippen LogP contribution >= 0.6 is 0 Å². The monoisotopic (exact) mass is 389 g/mol. The molecule has 4 aliphatic carbocycles. The second-order valence-electron chi connectivity index (χ2n) is 13.1. The van der Waals surface area contributed by atoms with Crippen molar-refractivity contribution < 1.29 is 14.6 Å². The normalized spacial score (nSPS) is 52.2. The van der Waals surface area contributed by atoms with E-state index in [0.717, 1.165) is 31.6 Å². The lowest BCUT2D eigenvalue weighted by molar-refractivity contribution is -0.242. The molecule has 2 aliphatic heterocycles. The molecule has 0 radical (unpaired) electrons. The quantitative estimate of drug-likeness (QED) is 0.664. The van der Waals surface area contributed by atoms with Gasteiger partial charge in [-0.25, -0.2) is 4.79 Å². The third-order valence-corrected chi connectivity index (χ3v) is 8.98. The number of hydrogen-bond donors (Lipinski definition) is 1. The number of nitrogens with zero attached hydrogens (tertiary/aromatic N) is 1. The number of ether oxygens (including phenoxy) is 1. The Labute approximate surface area is 170 Å². The molecule has 1 amide bonds. The number of carbonyl (C=O) groups is 1. The number of aliphatic hydroxyl groups is 1. The van der Waals surface area contributed by atoms with Crippen molar-refractivity contribution in [2.24, 2.45) is 22.2 Å². The molecule has 0 aromatic heterocycles. The smallest absolute Gasteiger partial charge is 0.410 e. The largest absolute Gasteiger partial charge is 0.444 e. The molecule has 4 atom stereocenters. The maximum atomic E-state index is 12.9. The van der Waals surface area contributed by atoms with Crippen LogP contribution in [0.3, 0.4) is 0 Å². The van der Waals surface area contributed by atoms with Crippen molar-refractivity contribution in [2.45, 2.75) is 122 Å². The Morgan fingerprint density at radius 3 is 1.93 bits per heavy atom. The minimum absolute atomic E-state index is 0.0662. The summed E-state index contributed by atoms with van der Waals surface area (Å²) in [6.45, 7) is 10.8. The van der Waals surface area contributed by atoms with E-state index < -0.39 is 11.2 Å². The summed E-state index contributed by atoms with van der Waals surface area (Å²) >= 11 is 0. The molecule has 6 rings (SSSR count). The Kier molecular flexibility index (Phi) is 3.76. The molecule has 6 aliphatic rings. The zero-order chi connectivity index (χ0) is 20.2. The van der Waals surface area contributed by atoms with E-state index in [9.17, 15) is 9.90 Å². The lowest BCUT2D eigenvalue weighted by Crippen LogP contribution is -2.67. The van der Waals surface area contributed by atoms with E-state index in [1.807, 2.05) is 25.7 Å². The van der Waals surface area contributed by atoms with Crippen molar-refractivity contribution >= 4 is 6.09 Å². The SMILES string of the molecule is CC12CC3CC(C)(C1)CC(C1(O)CC4CCC(C1)N4C(=O)OC(C)(C)C)(C3)C2. The number of piperidine rings is 1. The molecule has 0 aromatic rings. The molecular formula is C24H39NO3. The Morgan fingerprint density at radius 1 is 0.929 bits per heavy atom. The molecule has 0 aromatic carbocycles. The van der Waals surface area contributed by atoms with E-state index in [4.69, 9.17) is 4.74 Å². The van der Waals surface area contributed by atoms with Gasteiger partial charge in [0.15, 0.2) is 0 Å². The Hall–Kier alpha value is -0.770. The van der Waals surface area contributed by atoms with Crippen molar-refractivity contribution in [2.75, 3.05) is 0 Å². The van der Waals surface area contributed by atoms with Gasteiger partial charge in [-0.1, -0.05) is 13.8 Å². The minimum Gasteiger partial charge on any atom is -0.444 e. The van der Waals surface area contributed by atoms with Crippen LogP contribution in [-0.2, 0) is 4.74 Å². The third kappa shape index (κ3) is 2.76. The van der Waals surface area contributed by atoms with Crippen molar-refractivity contribution in [3.63, 3.8) is 0 Å². The van der Waals surface area contributed by atoms with Gasteiger partial charge in [0, 0.05) is 17.5 Å². The highest BCUT2D eigenvalue weighted by molar-refractivity contribution is 5.69. The molecule has 2 saturated heterocycles. The van der Waals surface area contributed by atoms with Crippen LogP contribution in [0.15, 0.2) is 0 Å². The lowest BCUT2D eigenvalue weighted by Gasteiger charge is -2.70. The van der Waals surface area contributed by atoms with Crippen LogP contribution in [0.2, 0.25) is 0 Å². The Balaban J connectivity index is 1.42. The molecule has 4 heteroatoms. The first-order valence-corrected chi connectivity index (χ1v) is 11.6. The van der Waals surface area contributed by atoms with Crippen LogP contribution in [0.25, 0.3) is 0 Å². The van der Waals surface area contributed by atoms with Crippen LogP contribution in [0.5, 0.6) is 0 Å². The maximum Gasteiger partial charge on any atom is 0.410 e. The Bertz CT molecular complexity index is 662. The van der Waals surface area contributed by atoms with Gasteiger partial charge in [0.05, 0.1) is 5.60 Å². The van der Waals surface area contributed by atoms with E-state index in [2.05, 4.69) is 13.8 Å². The average molecular weight is 390 g/mol. The van der Waals surface area contributed by atoms with Crippen LogP contribution < -0.4 is 0 Å². The van der Waals surface area contributed by atoms with Gasteiger partial charge in [-0.2, -0.15) is 0 Å². The Morgan fingerprint density at radius 2 is 1.46 bits per heavy atom. The predicted molar refractivity (Wildman–Crippen MR) is 109 cm³/mol. The zero-order valence-corrected chi connectivity index (χ0v) is 18.5. The second-order valence-corrected chi connectivity index (χ2v) is 13.1. The van der Waals surface area contributed by atoms with Gasteiger partial charge in [0.1, 0.15) is 5.60 Å². The van der Waals surface area contributed by atoms with Crippen LogP contribution in [0.1, 0.15) is 98.8 Å². The summed E-state index contributed by atoms with van der Waals surface area (Å²) in [6.07, 6.45) is 11.0. The molecule has 2 heterocycles. The van der Waals surface area contributed by atoms with Gasteiger partial charge in [0.25, 0.3) is 0 Å². The highest BCUT2D eigenvalue weighted by Crippen LogP contribution is 2.73. The lowest BCUT2D eigenvalue weighted by atomic mass is 9.36. The van der Waals surface area contributed by atoms with Gasteiger partial charge in [-0.05, 0) is 102 Å². The highest BCUT2D eigenvalue weighted by Gasteiger charge is 2.68. The van der Waals surface area contributed by atoms with E-state index in [-0.39, 0.29) is 23.6 Å². The zero-order valence-electron chi connectivity index (χ0n) is 18.5. The molecule has 1 N–H and O–H groups in total. The molecule has 6 bridgehead atoms. The van der Waals surface area contributed by atoms with Crippen molar-refractivity contribution in [1.29, 1.82) is 0 Å². The average Bonchev–Trinajstić information content (AvgIpc) is 2.74. The topological polar surface area (TPSA) is 49.8 Å². The number of rotatable bonds is 1. The fourth-order valence-electron chi connectivity index (χ4n) is 9.24. The van der Waals surface area contributed by atoms with Crippen LogP contribution in [0.4, 0.5) is 4.79 Å². The molecule has 6 fully saturated rings. The molecule has 158 valence electrons. The summed E-state index contributed by atoms with van der Waals surface area (Å²) in [5, 5.41) is 12.2. The van der Waals surface area contributed by atoms with Gasteiger partial charge in [0.2, 0.25) is 0 Å². The molecule has 4 unspecified atom stereocenters. The number of amides is 1. The predicted octanol–water partition coefficient (Wildman–Crippen LogP) is 5.28. The fraction of sp³-hybridized carbons (Fsp3) is 0.958. The molecule has 4 saturated carbocycles. The van der Waals surface area contributed by atoms with E-state index in [1.165, 1.54) is 38.5 Å². The maximum absolute atomic E-state index is 12.9. The van der Waals surface area contributed by atoms with E-state index in [1.54, 1.807) is 0 Å². The highest BCUT2D eigenvalue weighted by atomic mass is 16.6. The van der Waals surface area contributed by atoms with Gasteiger partial charge in [-0.15, -0.1) is 0 Å². The number of carbonyl (C=O) groups excluding carboxylic acids is 1. The molecule has 4 nitrogen and oxygen atoms in total. The summed E-state index contributed by atoms with van der Waals surface area (Å²) in [5.74, 6) is 0.789. The number of fused-ring (bicyclic) bond motifs is 2. The summed E-state index contributed by atoms with van der Waals surface area (Å²) in [6, 6.07) is 0.291. The van der Waals surface area contributed by atoms with Crippen molar-refractivity contribution in [1.82, 2.24) is 4.90 Å². The van der Waals surface area contributed by atoms with E-state index >= 15 is 0 Å². The standard InChI is InChI=1S/C24H39NO3/c1-20(2,3)28-19(26)25-17-6-7-18(25)12-24(27,11-17)23-10-16-8-21(4,14-23)13-22(5,9-16)15-23/h16-18,27H,6-15H2,1-5H3. The molecular weight excluding hydrogens is 350 g/mol. The van der Waals surface area contributed by atoms with Crippen LogP contribution in [-0.4, -0.2) is 39.4 Å². The van der Waals surface area contributed by atoms with Crippen LogP contribution in [0, 0.1) is 22.2 Å². The van der Waals surface area contributed by atoms with Crippen molar-refractivity contribution in [3.05, 3.63) is 0 Å². The number of hydrogen-bond acceptors (Lipinski definition) is 3. The van der Waals surface area contributed by atoms with E-state index in [0.29, 0.717) is 10.8 Å². The summed E-state index contributed by atoms with van der Waals surface area (Å²) in [5.41, 5.74) is -0.194. The van der Waals surface area contributed by atoms with Gasteiger partial charge < -0.3 is 14.7 Å². The summed E-state index contributed by atoms with van der Waals surface area (Å²) in [7, 11) is 0.